The maximum Gasteiger partial charge on any atom is 0.223 e. The quantitative estimate of drug-likeness (QED) is 0.544. The van der Waals surface area contributed by atoms with Gasteiger partial charge in [0, 0.05) is 12.4 Å². The minimum absolute atomic E-state index is 0.109. The van der Waals surface area contributed by atoms with E-state index in [9.17, 15) is 0 Å². The fourth-order valence-electron chi connectivity index (χ4n) is 2.74. The Hall–Kier alpha value is -2.73. The number of nitrogens with one attached hydrogen (secondary N) is 1. The highest BCUT2D eigenvalue weighted by atomic mass is 79.9. The lowest BCUT2D eigenvalue weighted by molar-refractivity contribution is 0.860. The van der Waals surface area contributed by atoms with Crippen LogP contribution >= 0.6 is 15.9 Å². The molecule has 1 aromatic carbocycles. The minimum Gasteiger partial charge on any atom is -0.348 e. The Labute approximate surface area is 153 Å². The Morgan fingerprint density at radius 1 is 1.00 bits per heavy atom. The van der Waals surface area contributed by atoms with Crippen LogP contribution in [0.25, 0.3) is 17.0 Å². The molecule has 1 atom stereocenters. The van der Waals surface area contributed by atoms with Crippen LogP contribution in [0.3, 0.4) is 0 Å². The number of imidazole rings is 1. The fraction of sp³-hybridized carbons (Fsp3) is 0.105. The predicted octanol–water partition coefficient (Wildman–Crippen LogP) is 4.73. The van der Waals surface area contributed by atoms with Crippen LogP contribution in [-0.4, -0.2) is 19.4 Å². The molecule has 0 amide bonds. The van der Waals surface area contributed by atoms with E-state index in [-0.39, 0.29) is 6.04 Å². The molecule has 0 bridgehead atoms. The van der Waals surface area contributed by atoms with Gasteiger partial charge in [-0.1, -0.05) is 36.4 Å². The van der Waals surface area contributed by atoms with Crippen LogP contribution in [0, 0.1) is 0 Å². The van der Waals surface area contributed by atoms with Gasteiger partial charge in [-0.2, -0.15) is 0 Å². The van der Waals surface area contributed by atoms with Gasteiger partial charge in [0.2, 0.25) is 5.95 Å². The van der Waals surface area contributed by atoms with Gasteiger partial charge >= 0.3 is 0 Å². The maximum absolute atomic E-state index is 4.70. The van der Waals surface area contributed by atoms with Gasteiger partial charge in [-0.05, 0) is 40.5 Å². The summed E-state index contributed by atoms with van der Waals surface area (Å²) in [5, 5.41) is 3.36. The lowest BCUT2D eigenvalue weighted by Gasteiger charge is -2.15. The summed E-state index contributed by atoms with van der Waals surface area (Å²) in [4.78, 5) is 13.5. The molecular weight excluding hydrogens is 378 g/mol. The zero-order chi connectivity index (χ0) is 17.2. The van der Waals surface area contributed by atoms with Crippen molar-refractivity contribution in [1.29, 1.82) is 0 Å². The van der Waals surface area contributed by atoms with Crippen LogP contribution in [0.4, 0.5) is 5.95 Å². The number of nitrogens with zero attached hydrogens (tertiary/aromatic N) is 4. The van der Waals surface area contributed by atoms with Gasteiger partial charge in [0.1, 0.15) is 11.3 Å². The van der Waals surface area contributed by atoms with E-state index in [2.05, 4.69) is 50.3 Å². The highest BCUT2D eigenvalue weighted by Gasteiger charge is 2.14. The van der Waals surface area contributed by atoms with Crippen molar-refractivity contribution < 1.29 is 0 Å². The first kappa shape index (κ1) is 15.8. The van der Waals surface area contributed by atoms with Crippen molar-refractivity contribution >= 4 is 27.5 Å². The SMILES string of the molecule is C[C@H](Nc1ncc(Br)c(-c2cnc3ccccn23)n1)c1ccccc1. The monoisotopic (exact) mass is 393 g/mol. The zero-order valence-corrected chi connectivity index (χ0v) is 15.2. The standard InChI is InChI=1S/C19H16BrN5/c1-13(14-7-3-2-4-8-14)23-19-22-11-15(20)18(24-19)16-12-21-17-9-5-6-10-25(16)17/h2-13H,1H3,(H,22,23,24)/t13-/m0/s1. The normalized spacial score (nSPS) is 12.2. The van der Waals surface area contributed by atoms with Crippen LogP contribution in [0.15, 0.2) is 71.6 Å². The van der Waals surface area contributed by atoms with Gasteiger partial charge in [0.15, 0.2) is 0 Å². The number of pyridine rings is 1. The molecule has 25 heavy (non-hydrogen) atoms. The number of anilines is 1. The second kappa shape index (κ2) is 6.64. The van der Waals surface area contributed by atoms with Crippen molar-refractivity contribution in [1.82, 2.24) is 19.4 Å². The molecule has 0 spiro atoms. The number of hydrogen-bond acceptors (Lipinski definition) is 4. The average molecular weight is 394 g/mol. The number of benzene rings is 1. The summed E-state index contributed by atoms with van der Waals surface area (Å²) in [6.07, 6.45) is 5.57. The van der Waals surface area contributed by atoms with Gasteiger partial charge < -0.3 is 5.32 Å². The summed E-state index contributed by atoms with van der Waals surface area (Å²) >= 11 is 3.55. The van der Waals surface area contributed by atoms with Gasteiger partial charge in [-0.25, -0.2) is 15.0 Å². The van der Waals surface area contributed by atoms with Crippen LogP contribution in [0.5, 0.6) is 0 Å². The minimum atomic E-state index is 0.109. The molecule has 6 heteroatoms. The molecule has 4 aromatic rings. The topological polar surface area (TPSA) is 55.1 Å². The van der Waals surface area contributed by atoms with Crippen LogP contribution in [0.2, 0.25) is 0 Å². The lowest BCUT2D eigenvalue weighted by Crippen LogP contribution is -2.10. The summed E-state index contributed by atoms with van der Waals surface area (Å²) in [7, 11) is 0. The molecule has 0 aliphatic rings. The van der Waals surface area contributed by atoms with Crippen molar-refractivity contribution in [2.75, 3.05) is 5.32 Å². The van der Waals surface area contributed by atoms with Gasteiger partial charge in [-0.3, -0.25) is 4.40 Å². The second-order valence-electron chi connectivity index (χ2n) is 5.74. The predicted molar refractivity (Wildman–Crippen MR) is 102 cm³/mol. The number of fused-ring (bicyclic) bond motifs is 1. The molecule has 3 heterocycles. The van der Waals surface area contributed by atoms with Crippen molar-refractivity contribution in [2.45, 2.75) is 13.0 Å². The van der Waals surface area contributed by atoms with Gasteiger partial charge in [0.05, 0.1) is 22.4 Å². The third-order valence-electron chi connectivity index (χ3n) is 4.05. The number of halogens is 1. The van der Waals surface area contributed by atoms with Gasteiger partial charge in [-0.15, -0.1) is 0 Å². The Morgan fingerprint density at radius 3 is 2.64 bits per heavy atom. The summed E-state index contributed by atoms with van der Waals surface area (Å²) < 4.78 is 2.84. The molecule has 5 nitrogen and oxygen atoms in total. The molecule has 4 rings (SSSR count). The molecule has 0 fully saturated rings. The van der Waals surface area contributed by atoms with E-state index >= 15 is 0 Å². The Morgan fingerprint density at radius 2 is 1.80 bits per heavy atom. The summed E-state index contributed by atoms with van der Waals surface area (Å²) in [5.41, 5.74) is 3.79. The molecular formula is C19H16BrN5. The Kier molecular flexibility index (Phi) is 4.19. The van der Waals surface area contributed by atoms with Crippen LogP contribution < -0.4 is 5.32 Å². The van der Waals surface area contributed by atoms with E-state index in [0.29, 0.717) is 5.95 Å². The first-order valence-corrected chi connectivity index (χ1v) is 8.78. The third-order valence-corrected chi connectivity index (χ3v) is 4.63. The second-order valence-corrected chi connectivity index (χ2v) is 6.59. The molecule has 0 radical (unpaired) electrons. The van der Waals surface area contributed by atoms with Crippen molar-refractivity contribution in [3.63, 3.8) is 0 Å². The fourth-order valence-corrected chi connectivity index (χ4v) is 3.14. The first-order valence-electron chi connectivity index (χ1n) is 7.99. The molecule has 0 aliphatic carbocycles. The van der Waals surface area contributed by atoms with Crippen molar-refractivity contribution in [2.24, 2.45) is 0 Å². The Bertz CT molecular complexity index is 1010. The van der Waals surface area contributed by atoms with E-state index in [4.69, 9.17) is 4.98 Å². The molecule has 0 aliphatic heterocycles. The third kappa shape index (κ3) is 3.13. The smallest absolute Gasteiger partial charge is 0.223 e. The summed E-state index contributed by atoms with van der Waals surface area (Å²) in [6.45, 7) is 2.09. The van der Waals surface area contributed by atoms with E-state index in [1.54, 1.807) is 6.20 Å². The van der Waals surface area contributed by atoms with Gasteiger partial charge in [0.25, 0.3) is 0 Å². The van der Waals surface area contributed by atoms with E-state index in [1.807, 2.05) is 53.2 Å². The number of hydrogen-bond donors (Lipinski definition) is 1. The molecule has 1 N–H and O–H groups in total. The highest BCUT2D eigenvalue weighted by Crippen LogP contribution is 2.28. The number of aromatic nitrogens is 4. The Balaban J connectivity index is 1.69. The molecule has 3 aromatic heterocycles. The lowest BCUT2D eigenvalue weighted by atomic mass is 10.1. The zero-order valence-electron chi connectivity index (χ0n) is 13.6. The van der Waals surface area contributed by atoms with Crippen molar-refractivity contribution in [3.05, 3.63) is 77.2 Å². The molecule has 0 unspecified atom stereocenters. The highest BCUT2D eigenvalue weighted by molar-refractivity contribution is 9.10. The maximum atomic E-state index is 4.70. The summed E-state index contributed by atoms with van der Waals surface area (Å²) in [6, 6.07) is 16.3. The molecule has 124 valence electrons. The first-order chi connectivity index (χ1) is 12.2. The summed E-state index contributed by atoms with van der Waals surface area (Å²) in [5.74, 6) is 0.584. The van der Waals surface area contributed by atoms with Crippen LogP contribution in [-0.2, 0) is 0 Å². The van der Waals surface area contributed by atoms with Crippen molar-refractivity contribution in [3.8, 4) is 11.4 Å². The van der Waals surface area contributed by atoms with E-state index < -0.39 is 0 Å². The van der Waals surface area contributed by atoms with E-state index in [1.165, 1.54) is 5.56 Å². The molecule has 0 saturated carbocycles. The number of rotatable bonds is 4. The molecule has 0 saturated heterocycles. The van der Waals surface area contributed by atoms with E-state index in [0.717, 1.165) is 21.5 Å². The van der Waals surface area contributed by atoms with Crippen LogP contribution in [0.1, 0.15) is 18.5 Å². The average Bonchev–Trinajstić information content (AvgIpc) is 3.08. The largest absolute Gasteiger partial charge is 0.348 e.